The Hall–Kier alpha value is -2.95. The maximum absolute atomic E-state index is 13.4. The SMILES string of the molecule is Cc1cc(/C=N/NC(=O)CN(CCc2ccccc2)S(=O)(=O)c2ccc(Br)cc2)c(C)n1-c1ccc(Cl)cc1Cl. The summed E-state index contributed by atoms with van der Waals surface area (Å²) in [5.74, 6) is -0.556. The summed E-state index contributed by atoms with van der Waals surface area (Å²) in [4.78, 5) is 13.0. The third-order valence-electron chi connectivity index (χ3n) is 6.28. The number of aromatic nitrogens is 1. The van der Waals surface area contributed by atoms with Crippen LogP contribution in [0.4, 0.5) is 0 Å². The molecule has 1 amide bonds. The number of hydrazone groups is 1. The number of benzene rings is 3. The number of sulfonamides is 1. The van der Waals surface area contributed by atoms with Gasteiger partial charge in [0.05, 0.1) is 28.4 Å². The molecule has 1 aromatic heterocycles. The van der Waals surface area contributed by atoms with Gasteiger partial charge in [-0.15, -0.1) is 0 Å². The fourth-order valence-electron chi connectivity index (χ4n) is 4.26. The third kappa shape index (κ3) is 7.21. The number of carbonyl (C=O) groups is 1. The van der Waals surface area contributed by atoms with Gasteiger partial charge in [-0.05, 0) is 74.4 Å². The van der Waals surface area contributed by atoms with Crippen molar-refractivity contribution in [2.45, 2.75) is 25.2 Å². The lowest BCUT2D eigenvalue weighted by Crippen LogP contribution is -2.40. The van der Waals surface area contributed by atoms with E-state index in [0.29, 0.717) is 16.5 Å². The Morgan fingerprint density at radius 1 is 1.02 bits per heavy atom. The number of hydrogen-bond donors (Lipinski definition) is 1. The van der Waals surface area contributed by atoms with Gasteiger partial charge in [0.15, 0.2) is 0 Å². The quantitative estimate of drug-likeness (QED) is 0.155. The van der Waals surface area contributed by atoms with Crippen molar-refractivity contribution in [1.29, 1.82) is 0 Å². The first kappa shape index (κ1) is 30.0. The van der Waals surface area contributed by atoms with Crippen LogP contribution in [0.3, 0.4) is 0 Å². The van der Waals surface area contributed by atoms with Gasteiger partial charge in [0, 0.05) is 33.0 Å². The van der Waals surface area contributed by atoms with Gasteiger partial charge in [-0.1, -0.05) is 69.5 Å². The molecule has 4 aromatic rings. The molecule has 7 nitrogen and oxygen atoms in total. The molecule has 0 aliphatic carbocycles. The van der Waals surface area contributed by atoms with Crippen molar-refractivity contribution in [2.24, 2.45) is 5.10 Å². The van der Waals surface area contributed by atoms with Crippen LogP contribution in [0.15, 0.2) is 93.3 Å². The van der Waals surface area contributed by atoms with E-state index in [0.717, 1.165) is 32.7 Å². The van der Waals surface area contributed by atoms with E-state index in [-0.39, 0.29) is 18.0 Å². The zero-order chi connectivity index (χ0) is 28.9. The summed E-state index contributed by atoms with van der Waals surface area (Å²) in [6, 6.07) is 23.0. The van der Waals surface area contributed by atoms with Gasteiger partial charge in [0.25, 0.3) is 5.91 Å². The average molecular weight is 662 g/mol. The topological polar surface area (TPSA) is 83.8 Å². The van der Waals surface area contributed by atoms with Crippen molar-refractivity contribution in [2.75, 3.05) is 13.1 Å². The van der Waals surface area contributed by atoms with Crippen LogP contribution >= 0.6 is 39.1 Å². The zero-order valence-electron chi connectivity index (χ0n) is 21.8. The minimum absolute atomic E-state index is 0.105. The molecule has 11 heteroatoms. The molecule has 0 saturated heterocycles. The van der Waals surface area contributed by atoms with E-state index in [1.54, 1.807) is 24.3 Å². The maximum Gasteiger partial charge on any atom is 0.255 e. The van der Waals surface area contributed by atoms with Crippen molar-refractivity contribution in [3.63, 3.8) is 0 Å². The number of amides is 1. The highest BCUT2D eigenvalue weighted by Crippen LogP contribution is 2.28. The number of nitrogens with one attached hydrogen (secondary N) is 1. The minimum atomic E-state index is -3.93. The second-order valence-electron chi connectivity index (χ2n) is 9.08. The van der Waals surface area contributed by atoms with Gasteiger partial charge >= 0.3 is 0 Å². The Morgan fingerprint density at radius 3 is 2.40 bits per heavy atom. The second-order valence-corrected chi connectivity index (χ2v) is 12.8. The number of carbonyl (C=O) groups excluding carboxylic acids is 1. The molecule has 40 heavy (non-hydrogen) atoms. The second kappa shape index (κ2) is 13.1. The molecular formula is C29H27BrCl2N4O3S. The molecule has 208 valence electrons. The number of aryl methyl sites for hydroxylation is 1. The van der Waals surface area contributed by atoms with Crippen LogP contribution in [0.2, 0.25) is 10.0 Å². The molecule has 1 heterocycles. The third-order valence-corrected chi connectivity index (χ3v) is 9.20. The largest absolute Gasteiger partial charge is 0.316 e. The number of halogens is 3. The molecule has 0 bridgehead atoms. The summed E-state index contributed by atoms with van der Waals surface area (Å²) in [5.41, 5.74) is 6.76. The van der Waals surface area contributed by atoms with E-state index in [9.17, 15) is 13.2 Å². The molecule has 0 saturated carbocycles. The Kier molecular flexibility index (Phi) is 9.86. The van der Waals surface area contributed by atoms with Crippen molar-refractivity contribution in [3.05, 3.63) is 116 Å². The molecule has 3 aromatic carbocycles. The van der Waals surface area contributed by atoms with Crippen LogP contribution in [0.1, 0.15) is 22.5 Å². The van der Waals surface area contributed by atoms with Gasteiger partial charge < -0.3 is 4.57 Å². The lowest BCUT2D eigenvalue weighted by Gasteiger charge is -2.21. The minimum Gasteiger partial charge on any atom is -0.316 e. The summed E-state index contributed by atoms with van der Waals surface area (Å²) in [7, 11) is -3.93. The fraction of sp³-hybridized carbons (Fsp3) is 0.172. The van der Waals surface area contributed by atoms with Crippen molar-refractivity contribution < 1.29 is 13.2 Å². The van der Waals surface area contributed by atoms with E-state index < -0.39 is 15.9 Å². The summed E-state index contributed by atoms with van der Waals surface area (Å²) < 4.78 is 30.8. The number of nitrogens with zero attached hydrogens (tertiary/aromatic N) is 3. The first-order valence-corrected chi connectivity index (χ1v) is 15.3. The number of hydrogen-bond acceptors (Lipinski definition) is 4. The number of rotatable bonds is 10. The molecule has 0 aliphatic rings. The first-order chi connectivity index (χ1) is 19.1. The molecular weight excluding hydrogens is 635 g/mol. The smallest absolute Gasteiger partial charge is 0.255 e. The molecule has 1 N–H and O–H groups in total. The standard InChI is InChI=1S/C29H27BrCl2N4O3S/c1-20-16-23(21(2)36(20)28-13-10-25(31)17-27(28)32)18-33-34-29(37)19-35(15-14-22-6-4-3-5-7-22)40(38,39)26-11-8-24(30)9-12-26/h3-13,16-18H,14-15,19H2,1-2H3,(H,34,37)/b33-18+. The van der Waals surface area contributed by atoms with Crippen LogP contribution < -0.4 is 5.43 Å². The lowest BCUT2D eigenvalue weighted by atomic mass is 10.1. The van der Waals surface area contributed by atoms with Crippen molar-refractivity contribution in [1.82, 2.24) is 14.3 Å². The molecule has 0 unspecified atom stereocenters. The average Bonchev–Trinajstić information content (AvgIpc) is 3.20. The summed E-state index contributed by atoms with van der Waals surface area (Å²) in [5, 5.41) is 5.16. The van der Waals surface area contributed by atoms with Crippen molar-refractivity contribution in [3.8, 4) is 5.69 Å². The monoisotopic (exact) mass is 660 g/mol. The van der Waals surface area contributed by atoms with Gasteiger partial charge in [0.2, 0.25) is 10.0 Å². The Bertz CT molecular complexity index is 1640. The van der Waals surface area contributed by atoms with Crippen LogP contribution in [-0.2, 0) is 21.2 Å². The first-order valence-electron chi connectivity index (χ1n) is 12.3. The van der Waals surface area contributed by atoms with E-state index >= 15 is 0 Å². The van der Waals surface area contributed by atoms with Gasteiger partial charge in [0.1, 0.15) is 0 Å². The Labute approximate surface area is 252 Å². The molecule has 0 atom stereocenters. The van der Waals surface area contributed by atoms with Gasteiger partial charge in [-0.3, -0.25) is 4.79 Å². The lowest BCUT2D eigenvalue weighted by molar-refractivity contribution is -0.121. The predicted molar refractivity (Wildman–Crippen MR) is 164 cm³/mol. The van der Waals surface area contributed by atoms with E-state index in [4.69, 9.17) is 23.2 Å². The summed E-state index contributed by atoms with van der Waals surface area (Å²) in [6.07, 6.45) is 1.98. The van der Waals surface area contributed by atoms with Gasteiger partial charge in [-0.25, -0.2) is 13.8 Å². The van der Waals surface area contributed by atoms with Crippen LogP contribution in [0, 0.1) is 13.8 Å². The van der Waals surface area contributed by atoms with E-state index in [2.05, 4.69) is 26.5 Å². The highest BCUT2D eigenvalue weighted by molar-refractivity contribution is 9.10. The summed E-state index contributed by atoms with van der Waals surface area (Å²) >= 11 is 15.8. The molecule has 0 radical (unpaired) electrons. The molecule has 0 fully saturated rings. The highest BCUT2D eigenvalue weighted by atomic mass is 79.9. The van der Waals surface area contributed by atoms with E-state index in [1.165, 1.54) is 22.7 Å². The summed E-state index contributed by atoms with van der Waals surface area (Å²) in [6.45, 7) is 3.59. The normalized spacial score (nSPS) is 11.8. The molecule has 0 aliphatic heterocycles. The predicted octanol–water partition coefficient (Wildman–Crippen LogP) is 6.55. The van der Waals surface area contributed by atoms with Crippen LogP contribution in [-0.4, -0.2) is 42.5 Å². The van der Waals surface area contributed by atoms with Crippen LogP contribution in [0.5, 0.6) is 0 Å². The Balaban J connectivity index is 1.50. The van der Waals surface area contributed by atoms with Crippen LogP contribution in [0.25, 0.3) is 5.69 Å². The zero-order valence-corrected chi connectivity index (χ0v) is 25.7. The molecule has 4 rings (SSSR count). The van der Waals surface area contributed by atoms with Crippen molar-refractivity contribution >= 4 is 61.3 Å². The highest BCUT2D eigenvalue weighted by Gasteiger charge is 2.26. The van der Waals surface area contributed by atoms with E-state index in [1.807, 2.05) is 60.9 Å². The molecule has 0 spiro atoms. The van der Waals surface area contributed by atoms with Gasteiger partial charge in [-0.2, -0.15) is 9.41 Å². The Morgan fingerprint density at radius 2 is 1.73 bits per heavy atom. The maximum atomic E-state index is 13.4. The fourth-order valence-corrected chi connectivity index (χ4v) is 6.41.